The predicted molar refractivity (Wildman–Crippen MR) is 104 cm³/mol. The second-order valence-electron chi connectivity index (χ2n) is 6.14. The summed E-state index contributed by atoms with van der Waals surface area (Å²) in [6, 6.07) is 9.53. The van der Waals surface area contributed by atoms with Gasteiger partial charge in [0.25, 0.3) is 5.56 Å². The molecule has 0 bridgehead atoms. The van der Waals surface area contributed by atoms with Crippen LogP contribution in [0, 0.1) is 11.3 Å². The molecule has 1 aliphatic heterocycles. The summed E-state index contributed by atoms with van der Waals surface area (Å²) in [7, 11) is 0. The minimum absolute atomic E-state index is 0.126. The fourth-order valence-electron chi connectivity index (χ4n) is 3.22. The molecule has 1 saturated heterocycles. The lowest BCUT2D eigenvalue weighted by atomic mass is 10.1. The van der Waals surface area contributed by atoms with Crippen LogP contribution >= 0.6 is 23.1 Å². The van der Waals surface area contributed by atoms with Crippen LogP contribution in [0.25, 0.3) is 10.9 Å². The molecule has 0 unspecified atom stereocenters. The molecular weight excluding hydrogens is 370 g/mol. The van der Waals surface area contributed by atoms with Crippen LogP contribution in [0.3, 0.4) is 0 Å². The first-order chi connectivity index (χ1) is 12.7. The lowest BCUT2D eigenvalue weighted by Gasteiger charge is -2.22. The molecule has 3 aromatic rings. The Kier molecular flexibility index (Phi) is 4.64. The Hall–Kier alpha value is -2.40. The minimum atomic E-state index is -0.235. The quantitative estimate of drug-likeness (QED) is 0.719. The van der Waals surface area contributed by atoms with Gasteiger partial charge in [-0.2, -0.15) is 5.26 Å². The molecule has 0 saturated carbocycles. The third-order valence-corrected chi connectivity index (χ3v) is 6.02. The molecule has 2 aromatic heterocycles. The van der Waals surface area contributed by atoms with Crippen molar-refractivity contribution in [3.8, 4) is 6.07 Å². The highest BCUT2D eigenvalue weighted by molar-refractivity contribution is 7.11. The number of nitrogens with one attached hydrogen (secondary N) is 2. The first-order valence-electron chi connectivity index (χ1n) is 8.36. The maximum atomic E-state index is 12.7. The summed E-state index contributed by atoms with van der Waals surface area (Å²) in [4.78, 5) is 17.0. The number of benzene rings is 1. The Bertz CT molecular complexity index is 1060. The van der Waals surface area contributed by atoms with Gasteiger partial charge in [0, 0.05) is 11.6 Å². The Balaban J connectivity index is 1.79. The van der Waals surface area contributed by atoms with Crippen LogP contribution in [0.2, 0.25) is 5.02 Å². The number of hydrogen-bond acceptors (Lipinski definition) is 6. The molecule has 8 heteroatoms. The summed E-state index contributed by atoms with van der Waals surface area (Å²) in [5.41, 5.74) is 1.35. The second-order valence-corrected chi connectivity index (χ2v) is 7.53. The van der Waals surface area contributed by atoms with E-state index in [2.05, 4.69) is 21.7 Å². The summed E-state index contributed by atoms with van der Waals surface area (Å²) in [5.74, 6) is 0. The molecule has 1 aromatic carbocycles. The first-order valence-corrected chi connectivity index (χ1v) is 9.51. The highest BCUT2D eigenvalue weighted by Crippen LogP contribution is 2.35. The van der Waals surface area contributed by atoms with Crippen LogP contribution in [0.1, 0.15) is 24.4 Å². The van der Waals surface area contributed by atoms with E-state index in [0.29, 0.717) is 15.7 Å². The highest BCUT2D eigenvalue weighted by Gasteiger charge is 2.23. The SMILES string of the molecule is N#Cc1c(Nc2c(Cl)ccc3ncccc23)sn(C2CCNCC2)c1=O. The van der Waals surface area contributed by atoms with E-state index in [1.54, 1.807) is 16.2 Å². The number of nitrogens with zero attached hydrogens (tertiary/aromatic N) is 3. The molecule has 0 amide bonds. The summed E-state index contributed by atoms with van der Waals surface area (Å²) >= 11 is 7.68. The first kappa shape index (κ1) is 17.0. The van der Waals surface area contributed by atoms with Crippen molar-refractivity contribution >= 4 is 44.7 Å². The number of halogens is 1. The Labute approximate surface area is 159 Å². The van der Waals surface area contributed by atoms with Crippen molar-refractivity contribution in [1.82, 2.24) is 14.3 Å². The van der Waals surface area contributed by atoms with Gasteiger partial charge in [0.1, 0.15) is 11.1 Å². The fraction of sp³-hybridized carbons (Fsp3) is 0.278. The summed E-state index contributed by atoms with van der Waals surface area (Å²) in [5, 5.41) is 17.9. The molecule has 4 rings (SSSR count). The lowest BCUT2D eigenvalue weighted by molar-refractivity contribution is 0.380. The van der Waals surface area contributed by atoms with E-state index in [-0.39, 0.29) is 17.2 Å². The smallest absolute Gasteiger partial charge is 0.281 e. The molecule has 2 N–H and O–H groups in total. The number of nitriles is 1. The van der Waals surface area contributed by atoms with Gasteiger partial charge in [0.2, 0.25) is 0 Å². The molecule has 132 valence electrons. The normalized spacial score (nSPS) is 15.1. The number of anilines is 2. The van der Waals surface area contributed by atoms with Gasteiger partial charge in [0.05, 0.1) is 22.3 Å². The molecule has 0 radical (unpaired) electrons. The van der Waals surface area contributed by atoms with Crippen molar-refractivity contribution in [3.05, 3.63) is 51.4 Å². The zero-order valence-electron chi connectivity index (χ0n) is 13.8. The van der Waals surface area contributed by atoms with Crippen LogP contribution in [-0.2, 0) is 0 Å². The average Bonchev–Trinajstić information content (AvgIpc) is 3.00. The third kappa shape index (κ3) is 2.97. The highest BCUT2D eigenvalue weighted by atomic mass is 35.5. The van der Waals surface area contributed by atoms with Crippen LogP contribution in [0.4, 0.5) is 10.7 Å². The molecule has 0 atom stereocenters. The van der Waals surface area contributed by atoms with Gasteiger partial charge in [0.15, 0.2) is 5.56 Å². The molecule has 6 nitrogen and oxygen atoms in total. The topological polar surface area (TPSA) is 82.7 Å². The Morgan fingerprint density at radius 2 is 2.15 bits per heavy atom. The summed E-state index contributed by atoms with van der Waals surface area (Å²) < 4.78 is 1.72. The standard InChI is InChI=1S/C18H16ClN5OS/c19-14-3-4-15-12(2-1-7-22-15)16(14)23-17-13(10-20)18(25)24(26-17)11-5-8-21-9-6-11/h1-4,7,11,21,23H,5-6,8-9H2. The van der Waals surface area contributed by atoms with Gasteiger partial charge in [-0.3, -0.25) is 13.7 Å². The third-order valence-electron chi connectivity index (χ3n) is 4.56. The van der Waals surface area contributed by atoms with E-state index in [1.165, 1.54) is 11.5 Å². The number of aromatic nitrogens is 2. The number of piperidine rings is 1. The van der Waals surface area contributed by atoms with Gasteiger partial charge in [-0.25, -0.2) is 0 Å². The van der Waals surface area contributed by atoms with Gasteiger partial charge in [-0.15, -0.1) is 0 Å². The summed E-state index contributed by atoms with van der Waals surface area (Å²) in [6.45, 7) is 1.75. The molecule has 1 aliphatic rings. The second kappa shape index (κ2) is 7.08. The number of pyridine rings is 1. The maximum absolute atomic E-state index is 12.7. The van der Waals surface area contributed by atoms with E-state index in [1.807, 2.05) is 18.2 Å². The van der Waals surface area contributed by atoms with E-state index in [4.69, 9.17) is 11.6 Å². The summed E-state index contributed by atoms with van der Waals surface area (Å²) in [6.07, 6.45) is 3.47. The molecule has 1 fully saturated rings. The van der Waals surface area contributed by atoms with Crippen molar-refractivity contribution in [2.24, 2.45) is 0 Å². The van der Waals surface area contributed by atoms with E-state index in [9.17, 15) is 10.1 Å². The van der Waals surface area contributed by atoms with Gasteiger partial charge in [-0.1, -0.05) is 11.6 Å². The predicted octanol–water partition coefficient (Wildman–Crippen LogP) is 3.65. The van der Waals surface area contributed by atoms with Crippen LogP contribution in [0.15, 0.2) is 35.3 Å². The minimum Gasteiger partial charge on any atom is -0.343 e. The number of hydrogen-bond donors (Lipinski definition) is 2. The number of fused-ring (bicyclic) bond motifs is 1. The molecule has 0 spiro atoms. The van der Waals surface area contributed by atoms with E-state index < -0.39 is 0 Å². The van der Waals surface area contributed by atoms with Crippen LogP contribution < -0.4 is 16.2 Å². The fourth-order valence-corrected chi connectivity index (χ4v) is 4.54. The van der Waals surface area contributed by atoms with E-state index >= 15 is 0 Å². The van der Waals surface area contributed by atoms with Crippen molar-refractivity contribution in [2.45, 2.75) is 18.9 Å². The Morgan fingerprint density at radius 3 is 2.92 bits per heavy atom. The van der Waals surface area contributed by atoms with E-state index in [0.717, 1.165) is 36.8 Å². The molecule has 26 heavy (non-hydrogen) atoms. The molecule has 3 heterocycles. The van der Waals surface area contributed by atoms with Crippen molar-refractivity contribution < 1.29 is 0 Å². The monoisotopic (exact) mass is 385 g/mol. The van der Waals surface area contributed by atoms with Crippen molar-refractivity contribution in [1.29, 1.82) is 5.26 Å². The van der Waals surface area contributed by atoms with Crippen LogP contribution in [-0.4, -0.2) is 22.0 Å². The molecule has 0 aliphatic carbocycles. The van der Waals surface area contributed by atoms with Gasteiger partial charge >= 0.3 is 0 Å². The van der Waals surface area contributed by atoms with Crippen LogP contribution in [0.5, 0.6) is 0 Å². The zero-order valence-corrected chi connectivity index (χ0v) is 15.4. The van der Waals surface area contributed by atoms with Gasteiger partial charge in [-0.05, 0) is 61.7 Å². The molecular formula is C18H16ClN5OS. The largest absolute Gasteiger partial charge is 0.343 e. The average molecular weight is 386 g/mol. The van der Waals surface area contributed by atoms with Crippen molar-refractivity contribution in [2.75, 3.05) is 18.4 Å². The maximum Gasteiger partial charge on any atom is 0.281 e. The van der Waals surface area contributed by atoms with Gasteiger partial charge < -0.3 is 10.6 Å². The Morgan fingerprint density at radius 1 is 1.35 bits per heavy atom. The number of rotatable bonds is 3. The zero-order chi connectivity index (χ0) is 18.1. The lowest BCUT2D eigenvalue weighted by Crippen LogP contribution is -2.32. The van der Waals surface area contributed by atoms with Crippen molar-refractivity contribution in [3.63, 3.8) is 0 Å².